The molecule has 0 bridgehead atoms. The van der Waals surface area contributed by atoms with Crippen molar-refractivity contribution in [3.05, 3.63) is 24.3 Å². The quantitative estimate of drug-likeness (QED) is 0.363. The van der Waals surface area contributed by atoms with E-state index in [1.165, 1.54) is 0 Å². The summed E-state index contributed by atoms with van der Waals surface area (Å²) < 4.78 is 0. The van der Waals surface area contributed by atoms with Crippen LogP contribution in [0.25, 0.3) is 0 Å². The molecule has 0 aliphatic rings. The maximum Gasteiger partial charge on any atom is 0.115 e. The number of halogens is 2. The molecule has 0 saturated carbocycles. The van der Waals surface area contributed by atoms with E-state index in [1.54, 1.807) is 24.3 Å². The fourth-order valence-corrected chi connectivity index (χ4v) is 0.558. The lowest BCUT2D eigenvalue weighted by atomic mass is 10.3. The first-order valence-electron chi connectivity index (χ1n) is 2.58. The van der Waals surface area contributed by atoms with Crippen LogP contribution in [-0.2, 0) is 0 Å². The Morgan fingerprint density at radius 2 is 1.55 bits per heavy atom. The van der Waals surface area contributed by atoms with Gasteiger partial charge in [0.25, 0.3) is 0 Å². The molecule has 1 rings (SSSR count). The van der Waals surface area contributed by atoms with Crippen LogP contribution in [0.15, 0.2) is 24.3 Å². The number of benzene rings is 1. The van der Waals surface area contributed by atoms with E-state index in [2.05, 4.69) is 5.43 Å². The first kappa shape index (κ1) is 13.0. The van der Waals surface area contributed by atoms with Crippen molar-refractivity contribution in [2.75, 3.05) is 5.43 Å². The number of nitrogens with one attached hydrogen (secondary N) is 1. The van der Waals surface area contributed by atoms with Crippen molar-refractivity contribution in [3.63, 3.8) is 0 Å². The van der Waals surface area contributed by atoms with E-state index in [-0.39, 0.29) is 30.6 Å². The smallest absolute Gasteiger partial charge is 0.115 e. The Balaban J connectivity index is 0. The van der Waals surface area contributed by atoms with Crippen LogP contribution >= 0.6 is 24.8 Å². The summed E-state index contributed by atoms with van der Waals surface area (Å²) in [5.41, 5.74) is 3.23. The van der Waals surface area contributed by atoms with Crippen molar-refractivity contribution in [2.45, 2.75) is 0 Å². The molecule has 3 nitrogen and oxygen atoms in total. The molecule has 11 heavy (non-hydrogen) atoms. The molecule has 0 saturated heterocycles. The van der Waals surface area contributed by atoms with Crippen LogP contribution in [0.1, 0.15) is 0 Å². The molecule has 0 aliphatic heterocycles. The third kappa shape index (κ3) is 3.93. The number of nitrogen functional groups attached to an aromatic ring is 1. The van der Waals surface area contributed by atoms with Gasteiger partial charge >= 0.3 is 0 Å². The van der Waals surface area contributed by atoms with Gasteiger partial charge in [-0.1, -0.05) is 0 Å². The zero-order valence-electron chi connectivity index (χ0n) is 5.65. The molecular formula is C6H10Cl2N2O. The van der Waals surface area contributed by atoms with E-state index < -0.39 is 0 Å². The average Bonchev–Trinajstić information content (AvgIpc) is 1.90. The second kappa shape index (κ2) is 6.09. The molecule has 1 aromatic rings. The largest absolute Gasteiger partial charge is 0.508 e. The number of phenolic OH excluding ortho intramolecular Hbond substituents is 1. The number of hydrogen-bond donors (Lipinski definition) is 3. The maximum atomic E-state index is 8.78. The van der Waals surface area contributed by atoms with Gasteiger partial charge in [0.1, 0.15) is 5.75 Å². The predicted molar refractivity (Wildman–Crippen MR) is 50.4 cm³/mol. The van der Waals surface area contributed by atoms with Gasteiger partial charge in [-0.05, 0) is 24.3 Å². The van der Waals surface area contributed by atoms with Crippen molar-refractivity contribution in [3.8, 4) is 5.75 Å². The van der Waals surface area contributed by atoms with E-state index in [0.29, 0.717) is 0 Å². The second-order valence-electron chi connectivity index (χ2n) is 1.69. The molecule has 0 radical (unpaired) electrons. The third-order valence-electron chi connectivity index (χ3n) is 1.03. The van der Waals surface area contributed by atoms with Crippen molar-refractivity contribution >= 4 is 30.5 Å². The van der Waals surface area contributed by atoms with Gasteiger partial charge in [-0.15, -0.1) is 24.8 Å². The number of hydrazine groups is 1. The topological polar surface area (TPSA) is 58.3 Å². The van der Waals surface area contributed by atoms with Crippen LogP contribution in [0.4, 0.5) is 5.69 Å². The Labute approximate surface area is 77.4 Å². The van der Waals surface area contributed by atoms with Crippen molar-refractivity contribution in [2.24, 2.45) is 5.84 Å². The molecule has 64 valence electrons. The summed E-state index contributed by atoms with van der Waals surface area (Å²) in [6.07, 6.45) is 0. The fraction of sp³-hybridized carbons (Fsp3) is 0. The molecule has 0 unspecified atom stereocenters. The van der Waals surface area contributed by atoms with Crippen LogP contribution in [0.2, 0.25) is 0 Å². The van der Waals surface area contributed by atoms with E-state index >= 15 is 0 Å². The molecule has 0 amide bonds. The minimum Gasteiger partial charge on any atom is -0.508 e. The van der Waals surface area contributed by atoms with E-state index in [9.17, 15) is 0 Å². The molecule has 4 N–H and O–H groups in total. The minimum atomic E-state index is 0. The predicted octanol–water partition coefficient (Wildman–Crippen LogP) is 1.52. The Morgan fingerprint density at radius 1 is 1.09 bits per heavy atom. The molecule has 5 heteroatoms. The standard InChI is InChI=1S/C6H8N2O.2ClH/c7-8-5-1-3-6(9)4-2-5;;/h1-4,8-9H,7H2;2*1H. The van der Waals surface area contributed by atoms with Gasteiger partial charge in [0.15, 0.2) is 0 Å². The number of aromatic hydroxyl groups is 1. The molecule has 0 fully saturated rings. The summed E-state index contributed by atoms with van der Waals surface area (Å²) in [5.74, 6) is 5.31. The van der Waals surface area contributed by atoms with Crippen LogP contribution in [0, 0.1) is 0 Å². The summed E-state index contributed by atoms with van der Waals surface area (Å²) >= 11 is 0. The number of anilines is 1. The van der Waals surface area contributed by atoms with Gasteiger partial charge in [-0.3, -0.25) is 5.84 Å². The average molecular weight is 197 g/mol. The summed E-state index contributed by atoms with van der Waals surface area (Å²) in [6.45, 7) is 0. The Kier molecular flexibility index (Phi) is 7.20. The first-order chi connectivity index (χ1) is 4.33. The Morgan fingerprint density at radius 3 is 1.91 bits per heavy atom. The summed E-state index contributed by atoms with van der Waals surface area (Å²) in [6, 6.07) is 6.51. The maximum absolute atomic E-state index is 8.78. The zero-order chi connectivity index (χ0) is 6.69. The number of phenols is 1. The molecule has 0 aliphatic carbocycles. The highest BCUT2D eigenvalue weighted by Gasteiger charge is 1.85. The third-order valence-corrected chi connectivity index (χ3v) is 1.03. The highest BCUT2D eigenvalue weighted by molar-refractivity contribution is 5.85. The summed E-state index contributed by atoms with van der Waals surface area (Å²) in [5, 5.41) is 8.78. The normalized spacial score (nSPS) is 7.36. The zero-order valence-corrected chi connectivity index (χ0v) is 7.28. The van der Waals surface area contributed by atoms with Gasteiger partial charge in [0.2, 0.25) is 0 Å². The number of rotatable bonds is 1. The highest BCUT2D eigenvalue weighted by atomic mass is 35.5. The van der Waals surface area contributed by atoms with Gasteiger partial charge in [-0.2, -0.15) is 0 Å². The van der Waals surface area contributed by atoms with Crippen LogP contribution < -0.4 is 11.3 Å². The van der Waals surface area contributed by atoms with E-state index in [4.69, 9.17) is 10.9 Å². The molecule has 0 aromatic heterocycles. The lowest BCUT2D eigenvalue weighted by molar-refractivity contribution is 0.475. The van der Waals surface area contributed by atoms with Crippen molar-refractivity contribution in [1.82, 2.24) is 0 Å². The summed E-state index contributed by atoms with van der Waals surface area (Å²) in [4.78, 5) is 0. The molecule has 0 atom stereocenters. The van der Waals surface area contributed by atoms with E-state index in [1.807, 2.05) is 0 Å². The monoisotopic (exact) mass is 196 g/mol. The second-order valence-corrected chi connectivity index (χ2v) is 1.69. The van der Waals surface area contributed by atoms with Crippen LogP contribution in [0.5, 0.6) is 5.75 Å². The Bertz CT molecular complexity index is 190. The first-order valence-corrected chi connectivity index (χ1v) is 2.58. The van der Waals surface area contributed by atoms with Crippen LogP contribution in [0.3, 0.4) is 0 Å². The van der Waals surface area contributed by atoms with Gasteiger partial charge in [-0.25, -0.2) is 0 Å². The molecule has 0 spiro atoms. The number of nitrogens with two attached hydrogens (primary N) is 1. The molecule has 0 heterocycles. The fourth-order valence-electron chi connectivity index (χ4n) is 0.558. The minimum absolute atomic E-state index is 0. The Hall–Kier alpha value is -0.640. The van der Waals surface area contributed by atoms with Gasteiger partial charge in [0, 0.05) is 5.69 Å². The SMILES string of the molecule is Cl.Cl.NNc1ccc(O)cc1. The molecular weight excluding hydrogens is 187 g/mol. The highest BCUT2D eigenvalue weighted by Crippen LogP contribution is 2.11. The van der Waals surface area contributed by atoms with Crippen molar-refractivity contribution in [1.29, 1.82) is 0 Å². The lowest BCUT2D eigenvalue weighted by Gasteiger charge is -1.96. The lowest BCUT2D eigenvalue weighted by Crippen LogP contribution is -2.05. The van der Waals surface area contributed by atoms with Gasteiger partial charge < -0.3 is 10.5 Å². The van der Waals surface area contributed by atoms with Gasteiger partial charge in [0.05, 0.1) is 0 Å². The van der Waals surface area contributed by atoms with Crippen molar-refractivity contribution < 1.29 is 5.11 Å². The number of hydrogen-bond acceptors (Lipinski definition) is 3. The summed E-state index contributed by atoms with van der Waals surface area (Å²) in [7, 11) is 0. The molecule has 1 aromatic carbocycles. The van der Waals surface area contributed by atoms with Crippen LogP contribution in [-0.4, -0.2) is 5.11 Å². The van der Waals surface area contributed by atoms with E-state index in [0.717, 1.165) is 5.69 Å².